The zero-order valence-corrected chi connectivity index (χ0v) is 16.2. The molecule has 0 radical (unpaired) electrons. The molecule has 5 nitrogen and oxygen atoms in total. The van der Waals surface area contributed by atoms with Gasteiger partial charge in [-0.25, -0.2) is 14.4 Å². The third kappa shape index (κ3) is 3.73. The van der Waals surface area contributed by atoms with Gasteiger partial charge in [-0.3, -0.25) is 4.90 Å². The number of fused-ring (bicyclic) bond motifs is 1. The number of benzene rings is 1. The highest BCUT2D eigenvalue weighted by molar-refractivity contribution is 9.10. The second-order valence-corrected chi connectivity index (χ2v) is 7.92. The van der Waals surface area contributed by atoms with Crippen LogP contribution in [0, 0.1) is 11.7 Å². The van der Waals surface area contributed by atoms with Crippen molar-refractivity contribution in [3.8, 4) is 0 Å². The monoisotopic (exact) mass is 417 g/mol. The maximum atomic E-state index is 13.7. The van der Waals surface area contributed by atoms with Gasteiger partial charge in [-0.2, -0.15) is 0 Å². The van der Waals surface area contributed by atoms with Crippen LogP contribution in [0.2, 0.25) is 0 Å². The number of aromatic nitrogens is 3. The first-order valence-electron chi connectivity index (χ1n) is 8.85. The largest absolute Gasteiger partial charge is 0.346 e. The topological polar surface area (TPSA) is 56.8 Å². The van der Waals surface area contributed by atoms with E-state index in [9.17, 15) is 4.39 Å². The number of nitrogens with one attached hydrogen (secondary N) is 2. The molecule has 0 atom stereocenters. The van der Waals surface area contributed by atoms with Gasteiger partial charge in [0.1, 0.15) is 23.6 Å². The molecular formula is C19H21BrFN5. The molecule has 2 aromatic heterocycles. The van der Waals surface area contributed by atoms with Crippen molar-refractivity contribution >= 4 is 38.5 Å². The number of halogens is 2. The average Bonchev–Trinajstić information content (AvgIpc) is 3.00. The van der Waals surface area contributed by atoms with Crippen LogP contribution in [0.4, 0.5) is 15.9 Å². The molecule has 0 saturated carbocycles. The number of likely N-dealkylation sites (tertiary alicyclic amines) is 1. The summed E-state index contributed by atoms with van der Waals surface area (Å²) in [6.07, 6.45) is 5.99. The Morgan fingerprint density at radius 2 is 2.08 bits per heavy atom. The van der Waals surface area contributed by atoms with Crippen molar-refractivity contribution in [2.75, 3.05) is 18.4 Å². The minimum Gasteiger partial charge on any atom is -0.346 e. The zero-order chi connectivity index (χ0) is 18.1. The van der Waals surface area contributed by atoms with Gasteiger partial charge in [0.25, 0.3) is 0 Å². The van der Waals surface area contributed by atoms with E-state index in [0.29, 0.717) is 16.0 Å². The first-order chi connectivity index (χ1) is 12.6. The lowest BCUT2D eigenvalue weighted by Gasteiger charge is -2.30. The molecule has 7 heteroatoms. The van der Waals surface area contributed by atoms with Crippen LogP contribution in [-0.2, 0) is 6.54 Å². The summed E-state index contributed by atoms with van der Waals surface area (Å²) >= 11 is 3.33. The molecule has 136 valence electrons. The van der Waals surface area contributed by atoms with E-state index in [2.05, 4.69) is 48.0 Å². The summed E-state index contributed by atoms with van der Waals surface area (Å²) in [5.74, 6) is 1.19. The van der Waals surface area contributed by atoms with E-state index in [1.807, 2.05) is 12.3 Å². The van der Waals surface area contributed by atoms with Crippen LogP contribution in [0.3, 0.4) is 0 Å². The summed E-state index contributed by atoms with van der Waals surface area (Å²) in [6, 6.07) is 4.71. The zero-order valence-electron chi connectivity index (χ0n) is 14.6. The average molecular weight is 418 g/mol. The van der Waals surface area contributed by atoms with Gasteiger partial charge in [0.15, 0.2) is 0 Å². The Morgan fingerprint density at radius 1 is 1.27 bits per heavy atom. The highest BCUT2D eigenvalue weighted by atomic mass is 79.9. The first kappa shape index (κ1) is 17.4. The van der Waals surface area contributed by atoms with Crippen LogP contribution in [0.25, 0.3) is 11.0 Å². The van der Waals surface area contributed by atoms with Crippen molar-refractivity contribution in [1.29, 1.82) is 0 Å². The lowest BCUT2D eigenvalue weighted by Crippen LogP contribution is -2.32. The van der Waals surface area contributed by atoms with Crippen molar-refractivity contribution in [3.05, 3.63) is 46.6 Å². The summed E-state index contributed by atoms with van der Waals surface area (Å²) < 4.78 is 14.4. The SMILES string of the molecule is CC1CCN(Cc2c[nH]c3ncnc(Nc4cc(F)cc(Br)c4)c23)CC1. The molecular weight excluding hydrogens is 397 g/mol. The molecule has 1 fully saturated rings. The number of rotatable bonds is 4. The number of hydrogen-bond donors (Lipinski definition) is 2. The molecule has 0 aliphatic carbocycles. The fourth-order valence-corrected chi connectivity index (χ4v) is 3.94. The minimum atomic E-state index is -0.302. The van der Waals surface area contributed by atoms with E-state index < -0.39 is 0 Å². The lowest BCUT2D eigenvalue weighted by atomic mass is 9.99. The molecule has 3 heterocycles. The van der Waals surface area contributed by atoms with Crippen LogP contribution >= 0.6 is 15.9 Å². The summed E-state index contributed by atoms with van der Waals surface area (Å²) in [4.78, 5) is 14.4. The van der Waals surface area contributed by atoms with Crippen molar-refractivity contribution < 1.29 is 4.39 Å². The molecule has 26 heavy (non-hydrogen) atoms. The standard InChI is InChI=1S/C19H21BrFN5/c1-12-2-4-26(5-3-12)10-13-9-22-18-17(13)19(24-11-23-18)25-16-7-14(20)6-15(21)8-16/h6-9,11-12H,2-5,10H2,1H3,(H2,22,23,24,25). The van der Waals surface area contributed by atoms with E-state index in [-0.39, 0.29) is 5.82 Å². The van der Waals surface area contributed by atoms with Crippen molar-refractivity contribution in [2.24, 2.45) is 5.92 Å². The van der Waals surface area contributed by atoms with E-state index >= 15 is 0 Å². The van der Waals surface area contributed by atoms with Gasteiger partial charge in [0, 0.05) is 22.9 Å². The molecule has 3 aromatic rings. The number of nitrogens with zero attached hydrogens (tertiary/aromatic N) is 3. The smallest absolute Gasteiger partial charge is 0.143 e. The second-order valence-electron chi connectivity index (χ2n) is 7.00. The van der Waals surface area contributed by atoms with Crippen molar-refractivity contribution in [3.63, 3.8) is 0 Å². The Hall–Kier alpha value is -1.99. The molecule has 0 bridgehead atoms. The van der Waals surface area contributed by atoms with Crippen LogP contribution in [0.15, 0.2) is 35.2 Å². The quantitative estimate of drug-likeness (QED) is 0.637. The Balaban J connectivity index is 1.63. The number of aromatic amines is 1. The van der Waals surface area contributed by atoms with Crippen LogP contribution < -0.4 is 5.32 Å². The van der Waals surface area contributed by atoms with E-state index in [1.54, 1.807) is 0 Å². The Bertz CT molecular complexity index is 897. The molecule has 0 amide bonds. The maximum absolute atomic E-state index is 13.7. The molecule has 1 aliphatic heterocycles. The third-order valence-corrected chi connectivity index (χ3v) is 5.40. The van der Waals surface area contributed by atoms with Gasteiger partial charge in [-0.05, 0) is 55.6 Å². The molecule has 2 N–H and O–H groups in total. The molecule has 1 aromatic carbocycles. The molecule has 1 aliphatic rings. The minimum absolute atomic E-state index is 0.302. The summed E-state index contributed by atoms with van der Waals surface area (Å²) in [7, 11) is 0. The summed E-state index contributed by atoms with van der Waals surface area (Å²) in [6.45, 7) is 5.40. The Labute approximate surface area is 160 Å². The summed E-state index contributed by atoms with van der Waals surface area (Å²) in [5, 5.41) is 4.20. The molecule has 0 spiro atoms. The van der Waals surface area contributed by atoms with Gasteiger partial charge in [0.2, 0.25) is 0 Å². The molecule has 1 saturated heterocycles. The highest BCUT2D eigenvalue weighted by Gasteiger charge is 2.19. The first-order valence-corrected chi connectivity index (χ1v) is 9.64. The van der Waals surface area contributed by atoms with Gasteiger partial charge in [0.05, 0.1) is 5.39 Å². The normalized spacial score (nSPS) is 16.3. The predicted octanol–water partition coefficient (Wildman–Crippen LogP) is 4.84. The Morgan fingerprint density at radius 3 is 2.85 bits per heavy atom. The number of anilines is 2. The number of H-pyrrole nitrogens is 1. The molecule has 4 rings (SSSR count). The van der Waals surface area contributed by atoms with E-state index in [0.717, 1.165) is 42.1 Å². The predicted molar refractivity (Wildman–Crippen MR) is 105 cm³/mol. The fraction of sp³-hybridized carbons (Fsp3) is 0.368. The van der Waals surface area contributed by atoms with Gasteiger partial charge in [-0.1, -0.05) is 22.9 Å². The highest BCUT2D eigenvalue weighted by Crippen LogP contribution is 2.29. The summed E-state index contributed by atoms with van der Waals surface area (Å²) in [5.41, 5.74) is 2.60. The molecule has 0 unspecified atom stereocenters. The van der Waals surface area contributed by atoms with Crippen molar-refractivity contribution in [2.45, 2.75) is 26.3 Å². The van der Waals surface area contributed by atoms with Crippen LogP contribution in [0.1, 0.15) is 25.3 Å². The van der Waals surface area contributed by atoms with E-state index in [1.165, 1.54) is 31.3 Å². The lowest BCUT2D eigenvalue weighted by molar-refractivity contribution is 0.186. The van der Waals surface area contributed by atoms with Gasteiger partial charge in [-0.15, -0.1) is 0 Å². The van der Waals surface area contributed by atoms with E-state index in [4.69, 9.17) is 0 Å². The Kier molecular flexibility index (Phi) is 4.91. The van der Waals surface area contributed by atoms with Gasteiger partial charge < -0.3 is 10.3 Å². The van der Waals surface area contributed by atoms with Crippen LogP contribution in [0.5, 0.6) is 0 Å². The maximum Gasteiger partial charge on any atom is 0.143 e. The number of hydrogen-bond acceptors (Lipinski definition) is 4. The van der Waals surface area contributed by atoms with Crippen LogP contribution in [-0.4, -0.2) is 32.9 Å². The second kappa shape index (κ2) is 7.32. The van der Waals surface area contributed by atoms with Gasteiger partial charge >= 0.3 is 0 Å². The van der Waals surface area contributed by atoms with Crippen molar-refractivity contribution in [1.82, 2.24) is 19.9 Å². The number of piperidine rings is 1. The third-order valence-electron chi connectivity index (χ3n) is 4.95. The fourth-order valence-electron chi connectivity index (χ4n) is 3.47.